The molecule has 0 spiro atoms. The molecule has 1 aliphatic rings. The first kappa shape index (κ1) is 12.2. The van der Waals surface area contributed by atoms with Crippen LogP contribution in [0.2, 0.25) is 5.02 Å². The lowest BCUT2D eigenvalue weighted by Gasteiger charge is -2.27. The molecule has 0 radical (unpaired) electrons. The van der Waals surface area contributed by atoms with Crippen molar-refractivity contribution in [3.05, 3.63) is 28.8 Å². The Morgan fingerprint density at radius 2 is 2.12 bits per heavy atom. The molecule has 1 aromatic carbocycles. The first-order chi connectivity index (χ1) is 8.22. The zero-order valence-corrected chi connectivity index (χ0v) is 10.5. The van der Waals surface area contributed by atoms with Gasteiger partial charge in [0.1, 0.15) is 0 Å². The van der Waals surface area contributed by atoms with Crippen LogP contribution >= 0.6 is 11.6 Å². The summed E-state index contributed by atoms with van der Waals surface area (Å²) in [6, 6.07) is 5.41. The van der Waals surface area contributed by atoms with Crippen LogP contribution in [0, 0.1) is 0 Å². The lowest BCUT2D eigenvalue weighted by molar-refractivity contribution is 0.0736. The van der Waals surface area contributed by atoms with Crippen LogP contribution < -0.4 is 10.6 Å². The van der Waals surface area contributed by atoms with E-state index >= 15 is 0 Å². The Kier molecular flexibility index (Phi) is 3.86. The van der Waals surface area contributed by atoms with Gasteiger partial charge in [0.2, 0.25) is 0 Å². The quantitative estimate of drug-likeness (QED) is 0.838. The fraction of sp³-hybridized carbons (Fsp3) is 0.417. The lowest BCUT2D eigenvalue weighted by Crippen LogP contribution is -2.46. The number of amides is 1. The van der Waals surface area contributed by atoms with Crippen LogP contribution in [0.25, 0.3) is 0 Å². The minimum atomic E-state index is 0.0131. The van der Waals surface area contributed by atoms with Crippen LogP contribution in [0.1, 0.15) is 10.4 Å². The molecular weight excluding hydrogens is 238 g/mol. The number of nitrogens with zero attached hydrogens (tertiary/aromatic N) is 1. The number of nitrogens with one attached hydrogen (secondary N) is 2. The molecular formula is C12H16ClN3O. The number of anilines is 1. The Labute approximate surface area is 106 Å². The molecule has 1 amide bonds. The van der Waals surface area contributed by atoms with Gasteiger partial charge in [-0.25, -0.2) is 0 Å². The van der Waals surface area contributed by atoms with E-state index in [1.165, 1.54) is 0 Å². The summed E-state index contributed by atoms with van der Waals surface area (Å²) >= 11 is 6.12. The topological polar surface area (TPSA) is 44.4 Å². The number of rotatable bonds is 2. The van der Waals surface area contributed by atoms with Crippen LogP contribution in [0.4, 0.5) is 5.69 Å². The van der Waals surface area contributed by atoms with Gasteiger partial charge in [-0.15, -0.1) is 0 Å². The van der Waals surface area contributed by atoms with Crippen molar-refractivity contribution in [1.82, 2.24) is 10.2 Å². The average molecular weight is 254 g/mol. The number of piperazine rings is 1. The molecule has 0 aliphatic carbocycles. The minimum Gasteiger partial charge on any atom is -0.388 e. The fourth-order valence-corrected chi connectivity index (χ4v) is 2.14. The molecule has 0 aromatic heterocycles. The summed E-state index contributed by atoms with van der Waals surface area (Å²) in [4.78, 5) is 14.0. The van der Waals surface area contributed by atoms with E-state index in [9.17, 15) is 4.79 Å². The highest BCUT2D eigenvalue weighted by atomic mass is 35.5. The Balaban J connectivity index is 2.18. The second-order valence-corrected chi connectivity index (χ2v) is 4.39. The lowest BCUT2D eigenvalue weighted by atomic mass is 10.1. The van der Waals surface area contributed by atoms with Crippen molar-refractivity contribution in [1.29, 1.82) is 0 Å². The first-order valence-corrected chi connectivity index (χ1v) is 6.07. The SMILES string of the molecule is CNc1ccc(C(=O)N2CCNCC2)c(Cl)c1. The van der Waals surface area contributed by atoms with Crippen molar-refractivity contribution in [2.75, 3.05) is 38.5 Å². The van der Waals surface area contributed by atoms with E-state index in [-0.39, 0.29) is 5.91 Å². The van der Waals surface area contributed by atoms with Crippen molar-refractivity contribution < 1.29 is 4.79 Å². The predicted molar refractivity (Wildman–Crippen MR) is 69.8 cm³/mol. The molecule has 1 aliphatic heterocycles. The molecule has 1 fully saturated rings. The molecule has 1 saturated heterocycles. The molecule has 0 unspecified atom stereocenters. The van der Waals surface area contributed by atoms with Gasteiger partial charge in [-0.2, -0.15) is 0 Å². The first-order valence-electron chi connectivity index (χ1n) is 5.69. The van der Waals surface area contributed by atoms with Gasteiger partial charge in [-0.3, -0.25) is 4.79 Å². The highest BCUT2D eigenvalue weighted by Gasteiger charge is 2.19. The average Bonchev–Trinajstić information content (AvgIpc) is 2.39. The van der Waals surface area contributed by atoms with E-state index in [1.807, 2.05) is 18.0 Å². The third-order valence-electron chi connectivity index (χ3n) is 2.89. The Bertz CT molecular complexity index is 416. The van der Waals surface area contributed by atoms with Crippen molar-refractivity contribution in [3.8, 4) is 0 Å². The Morgan fingerprint density at radius 3 is 2.71 bits per heavy atom. The molecule has 0 bridgehead atoms. The van der Waals surface area contributed by atoms with Gasteiger partial charge in [0.05, 0.1) is 10.6 Å². The normalized spacial score (nSPS) is 15.8. The van der Waals surface area contributed by atoms with Crippen molar-refractivity contribution in [3.63, 3.8) is 0 Å². The van der Waals surface area contributed by atoms with Crippen LogP contribution in [-0.2, 0) is 0 Å². The minimum absolute atomic E-state index is 0.0131. The van der Waals surface area contributed by atoms with E-state index in [0.717, 1.165) is 31.9 Å². The second kappa shape index (κ2) is 5.38. The Morgan fingerprint density at radius 1 is 1.41 bits per heavy atom. The smallest absolute Gasteiger partial charge is 0.255 e. The van der Waals surface area contributed by atoms with Crippen molar-refractivity contribution >= 4 is 23.2 Å². The highest BCUT2D eigenvalue weighted by Crippen LogP contribution is 2.22. The summed E-state index contributed by atoms with van der Waals surface area (Å²) in [6.07, 6.45) is 0. The van der Waals surface area contributed by atoms with Crippen molar-refractivity contribution in [2.45, 2.75) is 0 Å². The van der Waals surface area contributed by atoms with Gasteiger partial charge in [0.25, 0.3) is 5.91 Å². The largest absolute Gasteiger partial charge is 0.388 e. The monoisotopic (exact) mass is 253 g/mol. The Hall–Kier alpha value is -1.26. The molecule has 0 saturated carbocycles. The second-order valence-electron chi connectivity index (χ2n) is 3.99. The van der Waals surface area contributed by atoms with E-state index in [0.29, 0.717) is 10.6 Å². The maximum Gasteiger partial charge on any atom is 0.255 e. The number of hydrogen-bond acceptors (Lipinski definition) is 3. The van der Waals surface area contributed by atoms with Gasteiger partial charge in [0, 0.05) is 38.9 Å². The molecule has 92 valence electrons. The molecule has 2 N–H and O–H groups in total. The molecule has 2 rings (SSSR count). The summed E-state index contributed by atoms with van der Waals surface area (Å²) < 4.78 is 0. The number of hydrogen-bond donors (Lipinski definition) is 2. The van der Waals surface area contributed by atoms with E-state index in [2.05, 4.69) is 10.6 Å². The number of carbonyl (C=O) groups is 1. The van der Waals surface area contributed by atoms with Crippen LogP contribution in [0.3, 0.4) is 0 Å². The molecule has 4 nitrogen and oxygen atoms in total. The summed E-state index contributed by atoms with van der Waals surface area (Å²) in [6.45, 7) is 3.17. The van der Waals surface area contributed by atoms with Gasteiger partial charge in [-0.05, 0) is 18.2 Å². The number of carbonyl (C=O) groups excluding carboxylic acids is 1. The molecule has 17 heavy (non-hydrogen) atoms. The van der Waals surface area contributed by atoms with E-state index in [1.54, 1.807) is 12.1 Å². The van der Waals surface area contributed by atoms with Crippen LogP contribution in [0.5, 0.6) is 0 Å². The molecule has 0 atom stereocenters. The van der Waals surface area contributed by atoms with Crippen LogP contribution in [0.15, 0.2) is 18.2 Å². The zero-order valence-electron chi connectivity index (χ0n) is 9.79. The summed E-state index contributed by atoms with van der Waals surface area (Å²) in [5.41, 5.74) is 1.49. The fourth-order valence-electron chi connectivity index (χ4n) is 1.88. The maximum atomic E-state index is 12.2. The summed E-state index contributed by atoms with van der Waals surface area (Å²) in [5, 5.41) is 6.71. The standard InChI is InChI=1S/C12H16ClN3O/c1-14-9-2-3-10(11(13)8-9)12(17)16-6-4-15-5-7-16/h2-3,8,14-15H,4-7H2,1H3. The van der Waals surface area contributed by atoms with E-state index in [4.69, 9.17) is 11.6 Å². The number of halogens is 1. The summed E-state index contributed by atoms with van der Waals surface area (Å²) in [5.74, 6) is 0.0131. The van der Waals surface area contributed by atoms with Crippen LogP contribution in [-0.4, -0.2) is 44.0 Å². The highest BCUT2D eigenvalue weighted by molar-refractivity contribution is 6.34. The van der Waals surface area contributed by atoms with Gasteiger partial charge in [-0.1, -0.05) is 11.6 Å². The van der Waals surface area contributed by atoms with E-state index < -0.39 is 0 Å². The molecule has 1 aromatic rings. The zero-order chi connectivity index (χ0) is 12.3. The van der Waals surface area contributed by atoms with Crippen molar-refractivity contribution in [2.24, 2.45) is 0 Å². The third-order valence-corrected chi connectivity index (χ3v) is 3.21. The van der Waals surface area contributed by atoms with Gasteiger partial charge < -0.3 is 15.5 Å². The molecule has 5 heteroatoms. The van der Waals surface area contributed by atoms with Gasteiger partial charge >= 0.3 is 0 Å². The predicted octanol–water partition coefficient (Wildman–Crippen LogP) is 1.43. The van der Waals surface area contributed by atoms with Gasteiger partial charge in [0.15, 0.2) is 0 Å². The third kappa shape index (κ3) is 2.70. The molecule has 1 heterocycles. The number of benzene rings is 1. The summed E-state index contributed by atoms with van der Waals surface area (Å²) in [7, 11) is 1.82. The maximum absolute atomic E-state index is 12.2.